The van der Waals surface area contributed by atoms with Gasteiger partial charge in [-0.15, -0.1) is 0 Å². The molecule has 2 aromatic carbocycles. The van der Waals surface area contributed by atoms with Crippen molar-refractivity contribution in [2.75, 3.05) is 31.7 Å². The normalized spacial score (nSPS) is 15.4. The number of anilines is 1. The number of hydrogen-bond donors (Lipinski definition) is 3. The van der Waals surface area contributed by atoms with Gasteiger partial charge in [0.25, 0.3) is 5.69 Å². The van der Waals surface area contributed by atoms with E-state index in [9.17, 15) is 28.7 Å². The summed E-state index contributed by atoms with van der Waals surface area (Å²) >= 11 is 0. The number of rotatable bonds is 6. The van der Waals surface area contributed by atoms with Crippen LogP contribution in [0, 0.1) is 10.1 Å². The largest absolute Gasteiger partial charge is 0.508 e. The van der Waals surface area contributed by atoms with Crippen LogP contribution in [0.5, 0.6) is 11.5 Å². The molecular formula is C17H18N4O7S. The molecule has 0 atom stereocenters. The van der Waals surface area contributed by atoms with Crippen LogP contribution < -0.4 is 5.43 Å². The second-order valence-electron chi connectivity index (χ2n) is 6.07. The molecular weight excluding hydrogens is 404 g/mol. The number of ether oxygens (including phenoxy) is 1. The first-order valence-electron chi connectivity index (χ1n) is 8.46. The molecule has 0 radical (unpaired) electrons. The van der Waals surface area contributed by atoms with Gasteiger partial charge < -0.3 is 14.9 Å². The molecule has 1 aliphatic heterocycles. The van der Waals surface area contributed by atoms with Crippen molar-refractivity contribution >= 4 is 27.6 Å². The second kappa shape index (κ2) is 8.43. The van der Waals surface area contributed by atoms with Crippen LogP contribution in [0.3, 0.4) is 0 Å². The number of phenolic OH excluding ortho intramolecular Hbond substituents is 2. The molecule has 0 amide bonds. The van der Waals surface area contributed by atoms with E-state index >= 15 is 0 Å². The molecule has 3 rings (SSSR count). The van der Waals surface area contributed by atoms with Gasteiger partial charge in [0, 0.05) is 36.9 Å². The lowest BCUT2D eigenvalue weighted by Gasteiger charge is -2.26. The van der Waals surface area contributed by atoms with Crippen molar-refractivity contribution in [1.29, 1.82) is 0 Å². The van der Waals surface area contributed by atoms with E-state index < -0.39 is 14.9 Å². The lowest BCUT2D eigenvalue weighted by Crippen LogP contribution is -2.40. The number of aromatic hydroxyl groups is 2. The lowest BCUT2D eigenvalue weighted by atomic mass is 10.2. The minimum Gasteiger partial charge on any atom is -0.508 e. The topological polar surface area (TPSA) is 155 Å². The van der Waals surface area contributed by atoms with Crippen molar-refractivity contribution in [3.05, 3.63) is 52.1 Å². The molecule has 0 unspecified atom stereocenters. The first-order valence-corrected chi connectivity index (χ1v) is 9.90. The van der Waals surface area contributed by atoms with Crippen LogP contribution in [-0.2, 0) is 14.8 Å². The summed E-state index contributed by atoms with van der Waals surface area (Å²) in [5, 5.41) is 34.1. The zero-order chi connectivity index (χ0) is 21.0. The van der Waals surface area contributed by atoms with Crippen molar-refractivity contribution in [3.63, 3.8) is 0 Å². The highest BCUT2D eigenvalue weighted by Crippen LogP contribution is 2.29. The van der Waals surface area contributed by atoms with E-state index in [1.165, 1.54) is 28.7 Å². The Bertz CT molecular complexity index is 1050. The van der Waals surface area contributed by atoms with E-state index in [0.29, 0.717) is 0 Å². The van der Waals surface area contributed by atoms with Crippen LogP contribution in [0.2, 0.25) is 0 Å². The Morgan fingerprint density at radius 1 is 1.17 bits per heavy atom. The van der Waals surface area contributed by atoms with E-state index in [4.69, 9.17) is 4.74 Å². The summed E-state index contributed by atoms with van der Waals surface area (Å²) < 4.78 is 32.3. The minimum absolute atomic E-state index is 0.0385. The van der Waals surface area contributed by atoms with Gasteiger partial charge in [0.15, 0.2) is 0 Å². The molecule has 1 fully saturated rings. The summed E-state index contributed by atoms with van der Waals surface area (Å²) in [6.45, 7) is 0.731. The molecule has 11 nitrogen and oxygen atoms in total. The maximum Gasteiger partial charge on any atom is 0.270 e. The molecule has 29 heavy (non-hydrogen) atoms. The SMILES string of the molecule is O=[N+]([O-])c1ccc(NN=Cc2ccc(O)cc2O)c(S(=O)(=O)N2CCOCC2)c1. The minimum atomic E-state index is -4.03. The van der Waals surface area contributed by atoms with E-state index in [1.54, 1.807) is 0 Å². The molecule has 0 spiro atoms. The molecule has 0 aliphatic carbocycles. The third kappa shape index (κ3) is 4.62. The van der Waals surface area contributed by atoms with Gasteiger partial charge in [-0.3, -0.25) is 15.5 Å². The number of hydrogen-bond acceptors (Lipinski definition) is 9. The number of hydrazone groups is 1. The zero-order valence-corrected chi connectivity index (χ0v) is 15.9. The molecule has 3 N–H and O–H groups in total. The molecule has 1 aliphatic rings. The van der Waals surface area contributed by atoms with E-state index in [-0.39, 0.29) is 59.6 Å². The smallest absolute Gasteiger partial charge is 0.270 e. The molecule has 0 bridgehead atoms. The fourth-order valence-corrected chi connectivity index (χ4v) is 4.24. The number of nitrogens with one attached hydrogen (secondary N) is 1. The molecule has 154 valence electrons. The van der Waals surface area contributed by atoms with Gasteiger partial charge in [0.1, 0.15) is 16.4 Å². The molecule has 1 saturated heterocycles. The van der Waals surface area contributed by atoms with Gasteiger partial charge in [-0.25, -0.2) is 8.42 Å². The maximum absolute atomic E-state index is 13.0. The lowest BCUT2D eigenvalue weighted by molar-refractivity contribution is -0.385. The summed E-state index contributed by atoms with van der Waals surface area (Å²) in [7, 11) is -4.03. The number of phenols is 2. The van der Waals surface area contributed by atoms with Crippen LogP contribution in [0.4, 0.5) is 11.4 Å². The molecule has 2 aromatic rings. The summed E-state index contributed by atoms with van der Waals surface area (Å²) in [6, 6.07) is 7.27. The standard InChI is InChI=1S/C17H18N4O7S/c22-14-3-1-12(16(23)10-14)11-18-19-15-4-2-13(21(24)25)9-17(15)29(26,27)20-5-7-28-8-6-20/h1-4,9-11,19,22-23H,5-8H2. The summed E-state index contributed by atoms with van der Waals surface area (Å²) in [6.07, 6.45) is 1.22. The highest BCUT2D eigenvalue weighted by Gasteiger charge is 2.30. The van der Waals surface area contributed by atoms with Gasteiger partial charge in [0.05, 0.1) is 30.0 Å². The van der Waals surface area contributed by atoms with Crippen LogP contribution >= 0.6 is 0 Å². The van der Waals surface area contributed by atoms with Crippen molar-refractivity contribution in [2.45, 2.75) is 4.90 Å². The number of benzene rings is 2. The van der Waals surface area contributed by atoms with E-state index in [2.05, 4.69) is 10.5 Å². The molecule has 1 heterocycles. The van der Waals surface area contributed by atoms with Crippen LogP contribution in [0.15, 0.2) is 46.4 Å². The Kier molecular flexibility index (Phi) is 5.96. The van der Waals surface area contributed by atoms with Gasteiger partial charge in [-0.2, -0.15) is 9.41 Å². The quantitative estimate of drug-likeness (QED) is 0.359. The Hall–Kier alpha value is -3.22. The summed E-state index contributed by atoms with van der Waals surface area (Å²) in [4.78, 5) is 10.1. The predicted molar refractivity (Wildman–Crippen MR) is 104 cm³/mol. The summed E-state index contributed by atoms with van der Waals surface area (Å²) in [5.74, 6) is -0.345. The third-order valence-electron chi connectivity index (χ3n) is 4.17. The van der Waals surface area contributed by atoms with Crippen LogP contribution in [0.25, 0.3) is 0 Å². The first-order chi connectivity index (χ1) is 13.8. The van der Waals surface area contributed by atoms with Crippen LogP contribution in [-0.4, -0.2) is 60.4 Å². The fraction of sp³-hybridized carbons (Fsp3) is 0.235. The number of nitro groups is 1. The van der Waals surface area contributed by atoms with Crippen molar-refractivity contribution in [1.82, 2.24) is 4.31 Å². The molecule has 0 saturated carbocycles. The van der Waals surface area contributed by atoms with Crippen molar-refractivity contribution in [2.24, 2.45) is 5.10 Å². The second-order valence-corrected chi connectivity index (χ2v) is 7.97. The van der Waals surface area contributed by atoms with Gasteiger partial charge in [0.2, 0.25) is 10.0 Å². The van der Waals surface area contributed by atoms with Crippen molar-refractivity contribution < 1.29 is 28.3 Å². The predicted octanol–water partition coefficient (Wildman–Crippen LogP) is 1.47. The Balaban J connectivity index is 1.93. The number of morpholine rings is 1. The van der Waals surface area contributed by atoms with Gasteiger partial charge in [-0.05, 0) is 18.2 Å². The zero-order valence-electron chi connectivity index (χ0n) is 15.1. The number of nitro benzene ring substituents is 1. The molecule has 12 heteroatoms. The Labute approximate surface area is 166 Å². The van der Waals surface area contributed by atoms with Crippen LogP contribution in [0.1, 0.15) is 5.56 Å². The highest BCUT2D eigenvalue weighted by molar-refractivity contribution is 7.89. The monoisotopic (exact) mass is 422 g/mol. The average molecular weight is 422 g/mol. The van der Waals surface area contributed by atoms with E-state index in [1.807, 2.05) is 0 Å². The first kappa shape index (κ1) is 20.5. The Morgan fingerprint density at radius 2 is 1.90 bits per heavy atom. The van der Waals surface area contributed by atoms with Gasteiger partial charge >= 0.3 is 0 Å². The Morgan fingerprint density at radius 3 is 2.55 bits per heavy atom. The fourth-order valence-electron chi connectivity index (χ4n) is 2.67. The summed E-state index contributed by atoms with van der Waals surface area (Å²) in [5.41, 5.74) is 2.49. The number of non-ortho nitro benzene ring substituents is 1. The van der Waals surface area contributed by atoms with Crippen molar-refractivity contribution in [3.8, 4) is 11.5 Å². The average Bonchev–Trinajstić information content (AvgIpc) is 2.70. The van der Waals surface area contributed by atoms with E-state index in [0.717, 1.165) is 18.2 Å². The maximum atomic E-state index is 13.0. The van der Waals surface area contributed by atoms with Gasteiger partial charge in [-0.1, -0.05) is 0 Å². The third-order valence-corrected chi connectivity index (χ3v) is 6.11. The number of sulfonamides is 1. The highest BCUT2D eigenvalue weighted by atomic mass is 32.2. The number of nitrogens with zero attached hydrogens (tertiary/aromatic N) is 3. The molecule has 0 aromatic heterocycles.